The summed E-state index contributed by atoms with van der Waals surface area (Å²) >= 11 is 3.73. The van der Waals surface area contributed by atoms with Crippen LogP contribution in [0.25, 0.3) is 0 Å². The Bertz CT molecular complexity index is 492. The second kappa shape index (κ2) is 5.05. The van der Waals surface area contributed by atoms with Crippen LogP contribution in [0.15, 0.2) is 0 Å². The molecule has 0 aromatic rings. The van der Waals surface area contributed by atoms with Crippen LogP contribution in [0, 0.1) is 34.5 Å². The van der Waals surface area contributed by atoms with Gasteiger partial charge in [0.1, 0.15) is 5.78 Å². The van der Waals surface area contributed by atoms with Gasteiger partial charge in [0.2, 0.25) is 0 Å². The Balaban J connectivity index is 1.65. The molecule has 4 rings (SSSR count). The molecule has 0 bridgehead atoms. The molecule has 0 aromatic heterocycles. The molecule has 0 saturated heterocycles. The minimum atomic E-state index is -0.0826. The molecular formula is C19H29BrO2. The van der Waals surface area contributed by atoms with E-state index in [2.05, 4.69) is 29.8 Å². The summed E-state index contributed by atoms with van der Waals surface area (Å²) in [5.74, 6) is 3.22. The highest BCUT2D eigenvalue weighted by molar-refractivity contribution is 9.10. The lowest BCUT2D eigenvalue weighted by Crippen LogP contribution is -2.56. The Morgan fingerprint density at radius 3 is 2.41 bits per heavy atom. The Hall–Kier alpha value is 0.110. The highest BCUT2D eigenvalue weighted by Gasteiger charge is 2.61. The predicted octanol–water partition coefficient (Wildman–Crippen LogP) is 4.33. The van der Waals surface area contributed by atoms with E-state index >= 15 is 0 Å². The molecule has 4 fully saturated rings. The number of Topliss-reactive ketones (excluding diaryl/α,β-unsaturated/α-hetero) is 1. The molecule has 0 amide bonds. The van der Waals surface area contributed by atoms with E-state index in [0.29, 0.717) is 23.0 Å². The van der Waals surface area contributed by atoms with Crippen LogP contribution in [-0.2, 0) is 4.79 Å². The van der Waals surface area contributed by atoms with Gasteiger partial charge in [0.05, 0.1) is 10.9 Å². The lowest BCUT2D eigenvalue weighted by Gasteiger charge is -2.60. The third-order valence-electron chi connectivity index (χ3n) is 8.46. The quantitative estimate of drug-likeness (QED) is 0.646. The summed E-state index contributed by atoms with van der Waals surface area (Å²) in [4.78, 5) is 12.2. The predicted molar refractivity (Wildman–Crippen MR) is 90.8 cm³/mol. The van der Waals surface area contributed by atoms with E-state index < -0.39 is 0 Å². The van der Waals surface area contributed by atoms with Crippen molar-refractivity contribution in [1.29, 1.82) is 0 Å². The Morgan fingerprint density at radius 2 is 1.64 bits per heavy atom. The SMILES string of the molecule is C[C@]12CCC(=O)[C@H](Br)[C@H]1CC[C@@H]1[C@@H]2CC[C@]2(C)[C@@H](O)CC[C@@H]12. The molecule has 0 aromatic carbocycles. The first-order valence-corrected chi connectivity index (χ1v) is 10.1. The largest absolute Gasteiger partial charge is 0.393 e. The van der Waals surface area contributed by atoms with E-state index in [1.165, 1.54) is 32.1 Å². The summed E-state index contributed by atoms with van der Waals surface area (Å²) in [5, 5.41) is 10.5. The molecule has 4 saturated carbocycles. The number of ketones is 1. The number of halogens is 1. The Morgan fingerprint density at radius 1 is 0.955 bits per heavy atom. The summed E-state index contributed by atoms with van der Waals surface area (Å²) < 4.78 is 0. The number of aliphatic hydroxyl groups excluding tert-OH is 1. The van der Waals surface area contributed by atoms with E-state index in [-0.39, 0.29) is 16.3 Å². The molecule has 124 valence electrons. The third kappa shape index (κ3) is 1.90. The first-order chi connectivity index (χ1) is 10.4. The molecule has 0 aliphatic heterocycles. The number of hydrogen-bond acceptors (Lipinski definition) is 2. The van der Waals surface area contributed by atoms with Crippen molar-refractivity contribution in [3.8, 4) is 0 Å². The van der Waals surface area contributed by atoms with Crippen molar-refractivity contribution in [3.05, 3.63) is 0 Å². The van der Waals surface area contributed by atoms with Crippen molar-refractivity contribution in [2.24, 2.45) is 34.5 Å². The lowest BCUT2D eigenvalue weighted by atomic mass is 9.45. The molecule has 4 aliphatic carbocycles. The van der Waals surface area contributed by atoms with Gasteiger partial charge in [-0.25, -0.2) is 0 Å². The Labute approximate surface area is 142 Å². The van der Waals surface area contributed by atoms with Crippen LogP contribution in [0.2, 0.25) is 0 Å². The van der Waals surface area contributed by atoms with Crippen molar-refractivity contribution in [2.45, 2.75) is 76.1 Å². The zero-order chi connectivity index (χ0) is 15.7. The number of hydrogen-bond donors (Lipinski definition) is 1. The molecule has 3 heteroatoms. The third-order valence-corrected chi connectivity index (χ3v) is 9.61. The van der Waals surface area contributed by atoms with Crippen molar-refractivity contribution in [1.82, 2.24) is 0 Å². The standard InChI is InChI=1S/C19H29BrO2/c1-18-10-8-15(21)17(20)14(18)4-3-11-12-5-6-16(22)19(12,2)9-7-13(11)18/h11-14,16-17,22H,3-10H2,1-2H3/t11-,12-,13-,14+,16-,17+,18+,19-/m0/s1. The monoisotopic (exact) mass is 368 g/mol. The Kier molecular flexibility index (Phi) is 3.59. The summed E-state index contributed by atoms with van der Waals surface area (Å²) in [5.41, 5.74) is 0.502. The number of carbonyl (C=O) groups excluding carboxylic acids is 1. The highest BCUT2D eigenvalue weighted by atomic mass is 79.9. The van der Waals surface area contributed by atoms with Crippen LogP contribution < -0.4 is 0 Å². The van der Waals surface area contributed by atoms with Crippen LogP contribution in [0.1, 0.15) is 65.2 Å². The zero-order valence-corrected chi connectivity index (χ0v) is 15.4. The lowest BCUT2D eigenvalue weighted by molar-refractivity contribution is -0.140. The maximum absolute atomic E-state index is 12.1. The molecule has 0 heterocycles. The molecule has 0 spiro atoms. The molecule has 22 heavy (non-hydrogen) atoms. The fourth-order valence-electron chi connectivity index (χ4n) is 7.06. The summed E-state index contributed by atoms with van der Waals surface area (Å²) in [7, 11) is 0. The molecule has 8 atom stereocenters. The first kappa shape index (κ1) is 15.6. The van der Waals surface area contributed by atoms with Gasteiger partial charge in [-0.3, -0.25) is 4.79 Å². The smallest absolute Gasteiger partial charge is 0.146 e. The van der Waals surface area contributed by atoms with Gasteiger partial charge < -0.3 is 5.11 Å². The van der Waals surface area contributed by atoms with Crippen LogP contribution in [0.5, 0.6) is 0 Å². The average Bonchev–Trinajstić information content (AvgIpc) is 2.79. The van der Waals surface area contributed by atoms with Crippen molar-refractivity contribution >= 4 is 21.7 Å². The topological polar surface area (TPSA) is 37.3 Å². The highest BCUT2D eigenvalue weighted by Crippen LogP contribution is 2.66. The van der Waals surface area contributed by atoms with Gasteiger partial charge in [0.15, 0.2) is 0 Å². The fraction of sp³-hybridized carbons (Fsp3) is 0.947. The second-order valence-corrected chi connectivity index (χ2v) is 10.1. The molecular weight excluding hydrogens is 340 g/mol. The van der Waals surface area contributed by atoms with Crippen molar-refractivity contribution in [3.63, 3.8) is 0 Å². The normalized spacial score (nSPS) is 57.9. The zero-order valence-electron chi connectivity index (χ0n) is 13.9. The summed E-state index contributed by atoms with van der Waals surface area (Å²) in [6.45, 7) is 4.82. The first-order valence-electron chi connectivity index (χ1n) is 9.23. The van der Waals surface area contributed by atoms with Gasteiger partial charge >= 0.3 is 0 Å². The van der Waals surface area contributed by atoms with Gasteiger partial charge in [0, 0.05) is 6.42 Å². The van der Waals surface area contributed by atoms with Crippen molar-refractivity contribution in [2.75, 3.05) is 0 Å². The molecule has 4 aliphatic rings. The average molecular weight is 369 g/mol. The number of rotatable bonds is 0. The van der Waals surface area contributed by atoms with Gasteiger partial charge in [0.25, 0.3) is 0 Å². The minimum absolute atomic E-state index is 0.0826. The maximum Gasteiger partial charge on any atom is 0.146 e. The molecule has 2 nitrogen and oxygen atoms in total. The van der Waals surface area contributed by atoms with Gasteiger partial charge in [-0.05, 0) is 79.4 Å². The van der Waals surface area contributed by atoms with Crippen LogP contribution in [0.3, 0.4) is 0 Å². The molecule has 0 unspecified atom stereocenters. The van der Waals surface area contributed by atoms with Crippen LogP contribution in [0.4, 0.5) is 0 Å². The van der Waals surface area contributed by atoms with Crippen molar-refractivity contribution < 1.29 is 9.90 Å². The van der Waals surface area contributed by atoms with E-state index in [1.54, 1.807) is 0 Å². The van der Waals surface area contributed by atoms with E-state index in [0.717, 1.165) is 31.1 Å². The van der Waals surface area contributed by atoms with Gasteiger partial charge in [-0.2, -0.15) is 0 Å². The van der Waals surface area contributed by atoms with Gasteiger partial charge in [-0.15, -0.1) is 0 Å². The van der Waals surface area contributed by atoms with E-state index in [9.17, 15) is 9.90 Å². The number of carbonyl (C=O) groups is 1. The van der Waals surface area contributed by atoms with Crippen LogP contribution in [-0.4, -0.2) is 21.8 Å². The van der Waals surface area contributed by atoms with Gasteiger partial charge in [-0.1, -0.05) is 29.8 Å². The maximum atomic E-state index is 12.1. The second-order valence-electron chi connectivity index (χ2n) is 9.07. The number of aliphatic hydroxyl groups is 1. The van der Waals surface area contributed by atoms with E-state index in [1.807, 2.05) is 0 Å². The summed E-state index contributed by atoms with van der Waals surface area (Å²) in [6, 6.07) is 0. The van der Waals surface area contributed by atoms with Crippen LogP contribution >= 0.6 is 15.9 Å². The minimum Gasteiger partial charge on any atom is -0.393 e. The number of alkyl halides is 1. The fourth-order valence-corrected chi connectivity index (χ4v) is 8.16. The summed E-state index contributed by atoms with van der Waals surface area (Å²) in [6.07, 6.45) is 8.90. The number of fused-ring (bicyclic) bond motifs is 5. The molecule has 1 N–H and O–H groups in total. The molecule has 0 radical (unpaired) electrons. The van der Waals surface area contributed by atoms with E-state index in [4.69, 9.17) is 0 Å².